The number of pyridine rings is 1. The van der Waals surface area contributed by atoms with Gasteiger partial charge in [-0.2, -0.15) is 5.21 Å². The van der Waals surface area contributed by atoms with Crippen LogP contribution in [0.5, 0.6) is 0 Å². The Labute approximate surface area is 66.2 Å². The van der Waals surface area contributed by atoms with Crippen molar-refractivity contribution in [3.63, 3.8) is 0 Å². The molecule has 3 rings (SSSR count). The van der Waals surface area contributed by atoms with Gasteiger partial charge in [-0.05, 0) is 17.3 Å². The average molecular weight is 160 g/mol. The zero-order chi connectivity index (χ0) is 7.97. The van der Waals surface area contributed by atoms with Gasteiger partial charge in [0.15, 0.2) is 5.65 Å². The lowest BCUT2D eigenvalue weighted by Crippen LogP contribution is -1.85. The largest absolute Gasteiger partial charge is 0.235 e. The van der Waals surface area contributed by atoms with Crippen molar-refractivity contribution in [2.75, 3.05) is 0 Å². The first kappa shape index (κ1) is 5.64. The summed E-state index contributed by atoms with van der Waals surface area (Å²) in [5.74, 6) is 0. The maximum atomic E-state index is 4.10. The molecule has 0 bridgehead atoms. The predicted octanol–water partition coefficient (Wildman–Crippen LogP) is 0.000600. The number of aromatic nitrogens is 6. The summed E-state index contributed by atoms with van der Waals surface area (Å²) >= 11 is 0. The first-order valence-electron chi connectivity index (χ1n) is 3.46. The number of hydrogen-bond donors (Lipinski definition) is 1. The van der Waals surface area contributed by atoms with Gasteiger partial charge in [0.1, 0.15) is 0 Å². The second kappa shape index (κ2) is 1.79. The van der Waals surface area contributed by atoms with Crippen molar-refractivity contribution in [1.82, 2.24) is 30.2 Å². The van der Waals surface area contributed by atoms with Gasteiger partial charge in [0, 0.05) is 6.20 Å². The lowest BCUT2D eigenvalue weighted by molar-refractivity contribution is 0.748. The summed E-state index contributed by atoms with van der Waals surface area (Å²) in [5.41, 5.74) is 1.39. The normalized spacial score (nSPS) is 11.3. The molecule has 0 saturated heterocycles. The number of nitrogens with one attached hydrogen (secondary N) is 1. The standard InChI is InChI=1S/C6H4N6/c1-2-4-5(7-3-1)9-12-6(4)8-10-11-12/h1-3H,(H,8,11). The molecule has 0 aliphatic rings. The van der Waals surface area contributed by atoms with Gasteiger partial charge < -0.3 is 0 Å². The minimum Gasteiger partial charge on any atom is -0.235 e. The van der Waals surface area contributed by atoms with Crippen LogP contribution in [0.15, 0.2) is 18.3 Å². The molecule has 3 heterocycles. The van der Waals surface area contributed by atoms with Gasteiger partial charge in [0.2, 0.25) is 5.65 Å². The molecule has 3 aromatic rings. The Balaban J connectivity index is 2.68. The van der Waals surface area contributed by atoms with E-state index in [1.807, 2.05) is 12.1 Å². The van der Waals surface area contributed by atoms with E-state index in [9.17, 15) is 0 Å². The van der Waals surface area contributed by atoms with Crippen molar-refractivity contribution < 1.29 is 0 Å². The fraction of sp³-hybridized carbons (Fsp3) is 0. The minimum atomic E-state index is 0.679. The zero-order valence-corrected chi connectivity index (χ0v) is 5.97. The van der Waals surface area contributed by atoms with Gasteiger partial charge in [0.25, 0.3) is 0 Å². The first-order chi connectivity index (χ1) is 5.95. The van der Waals surface area contributed by atoms with Crippen LogP contribution in [0.25, 0.3) is 16.7 Å². The third-order valence-electron chi connectivity index (χ3n) is 1.71. The Morgan fingerprint density at radius 3 is 3.42 bits per heavy atom. The molecule has 0 saturated carbocycles. The second-order valence-corrected chi connectivity index (χ2v) is 2.41. The molecule has 12 heavy (non-hydrogen) atoms. The molecular weight excluding hydrogens is 156 g/mol. The lowest BCUT2D eigenvalue weighted by atomic mass is 10.3. The number of aromatic amines is 1. The molecule has 1 N–H and O–H groups in total. The van der Waals surface area contributed by atoms with Gasteiger partial charge >= 0.3 is 0 Å². The highest BCUT2D eigenvalue weighted by molar-refractivity contribution is 5.88. The van der Waals surface area contributed by atoms with Gasteiger partial charge in [-0.3, -0.25) is 0 Å². The summed E-state index contributed by atoms with van der Waals surface area (Å²) in [6, 6.07) is 3.76. The molecule has 58 valence electrons. The maximum Gasteiger partial charge on any atom is 0.208 e. The lowest BCUT2D eigenvalue weighted by Gasteiger charge is -1.80. The van der Waals surface area contributed by atoms with Crippen LogP contribution in [0.2, 0.25) is 0 Å². The molecule has 0 amide bonds. The Morgan fingerprint density at radius 2 is 2.42 bits per heavy atom. The van der Waals surface area contributed by atoms with Crippen LogP contribution in [0.1, 0.15) is 0 Å². The van der Waals surface area contributed by atoms with E-state index in [-0.39, 0.29) is 0 Å². The fourth-order valence-corrected chi connectivity index (χ4v) is 1.19. The van der Waals surface area contributed by atoms with E-state index in [0.717, 1.165) is 5.39 Å². The maximum absolute atomic E-state index is 4.10. The molecule has 0 radical (unpaired) electrons. The van der Waals surface area contributed by atoms with E-state index in [4.69, 9.17) is 0 Å². The predicted molar refractivity (Wildman–Crippen MR) is 40.4 cm³/mol. The summed E-state index contributed by atoms with van der Waals surface area (Å²) in [6.45, 7) is 0. The Hall–Kier alpha value is -1.98. The summed E-state index contributed by atoms with van der Waals surface area (Å²) in [5, 5.41) is 15.1. The molecule has 0 unspecified atom stereocenters. The van der Waals surface area contributed by atoms with Gasteiger partial charge in [-0.15, -0.1) is 14.8 Å². The Morgan fingerprint density at radius 1 is 1.42 bits per heavy atom. The van der Waals surface area contributed by atoms with Crippen molar-refractivity contribution in [2.24, 2.45) is 0 Å². The first-order valence-corrected chi connectivity index (χ1v) is 3.46. The SMILES string of the molecule is c1cnc2nn3[nH]nnc3c2c1. The van der Waals surface area contributed by atoms with Crippen molar-refractivity contribution in [3.8, 4) is 0 Å². The topological polar surface area (TPSA) is 71.8 Å². The summed E-state index contributed by atoms with van der Waals surface area (Å²) in [6.07, 6.45) is 1.70. The van der Waals surface area contributed by atoms with Crippen molar-refractivity contribution in [2.45, 2.75) is 0 Å². The summed E-state index contributed by atoms with van der Waals surface area (Å²) in [4.78, 5) is 4.07. The molecule has 6 nitrogen and oxygen atoms in total. The minimum absolute atomic E-state index is 0.679. The number of rotatable bonds is 0. The summed E-state index contributed by atoms with van der Waals surface area (Å²) in [7, 11) is 0. The number of tetrazole rings is 1. The van der Waals surface area contributed by atoms with Gasteiger partial charge in [-0.1, -0.05) is 0 Å². The van der Waals surface area contributed by atoms with Crippen molar-refractivity contribution >= 4 is 16.7 Å². The van der Waals surface area contributed by atoms with Crippen LogP contribution in [-0.4, -0.2) is 30.2 Å². The molecular formula is C6H4N6. The Kier molecular flexibility index (Phi) is 0.840. The average Bonchev–Trinajstić information content (AvgIpc) is 2.62. The van der Waals surface area contributed by atoms with Gasteiger partial charge in [-0.25, -0.2) is 4.98 Å². The van der Waals surface area contributed by atoms with Crippen LogP contribution < -0.4 is 0 Å². The van der Waals surface area contributed by atoms with E-state index in [0.29, 0.717) is 11.3 Å². The van der Waals surface area contributed by atoms with E-state index < -0.39 is 0 Å². The van der Waals surface area contributed by atoms with E-state index in [1.165, 1.54) is 4.63 Å². The monoisotopic (exact) mass is 160 g/mol. The summed E-state index contributed by atoms with van der Waals surface area (Å²) < 4.78 is 1.50. The third-order valence-corrected chi connectivity index (χ3v) is 1.71. The third kappa shape index (κ3) is 0.541. The van der Waals surface area contributed by atoms with Gasteiger partial charge in [0.05, 0.1) is 5.39 Å². The molecule has 0 aliphatic heterocycles. The van der Waals surface area contributed by atoms with E-state index in [2.05, 4.69) is 25.6 Å². The van der Waals surface area contributed by atoms with Crippen molar-refractivity contribution in [1.29, 1.82) is 0 Å². The second-order valence-electron chi connectivity index (χ2n) is 2.41. The molecule has 0 atom stereocenters. The zero-order valence-electron chi connectivity index (χ0n) is 5.97. The van der Waals surface area contributed by atoms with E-state index in [1.54, 1.807) is 6.20 Å². The smallest absolute Gasteiger partial charge is 0.208 e. The molecule has 3 aromatic heterocycles. The highest BCUT2D eigenvalue weighted by atomic mass is 15.6. The van der Waals surface area contributed by atoms with Crippen LogP contribution in [0.3, 0.4) is 0 Å². The molecule has 0 aliphatic carbocycles. The molecule has 0 spiro atoms. The number of hydrogen-bond acceptors (Lipinski definition) is 4. The number of H-pyrrole nitrogens is 1. The highest BCUT2D eigenvalue weighted by Crippen LogP contribution is 2.12. The molecule has 6 heteroatoms. The highest BCUT2D eigenvalue weighted by Gasteiger charge is 2.06. The van der Waals surface area contributed by atoms with Crippen molar-refractivity contribution in [3.05, 3.63) is 18.3 Å². The Bertz CT molecular complexity index is 534. The van der Waals surface area contributed by atoms with Crippen LogP contribution in [0.4, 0.5) is 0 Å². The fourth-order valence-electron chi connectivity index (χ4n) is 1.19. The van der Waals surface area contributed by atoms with Crippen LogP contribution in [0, 0.1) is 0 Å². The van der Waals surface area contributed by atoms with E-state index >= 15 is 0 Å². The quantitative estimate of drug-likeness (QED) is 0.502. The van der Waals surface area contributed by atoms with Crippen LogP contribution >= 0.6 is 0 Å². The number of fused-ring (bicyclic) bond motifs is 3. The molecule has 0 fully saturated rings. The molecule has 0 aromatic carbocycles. The van der Waals surface area contributed by atoms with Crippen LogP contribution in [-0.2, 0) is 0 Å². The number of nitrogens with zero attached hydrogens (tertiary/aromatic N) is 5.